The van der Waals surface area contributed by atoms with Gasteiger partial charge in [-0.3, -0.25) is 14.8 Å². The Balaban J connectivity index is 1.15. The van der Waals surface area contributed by atoms with Crippen LogP contribution in [0.5, 0.6) is 0 Å². The van der Waals surface area contributed by atoms with Gasteiger partial charge in [0.25, 0.3) is 0 Å². The Hall–Kier alpha value is -4.24. The normalized spacial score (nSPS) is 28.9. The lowest BCUT2D eigenvalue weighted by molar-refractivity contribution is -0.137. The standard InChI is InChI=1S/C33H27F3N4O2/c34-33(35,36)24-3-1-2-23(14-24)31-19-32(31)28-22(6-9-27(41)30(31)32)17-38-26-8-5-21(16-39-29(26)28)20-4-7-25(18-37-15-20)40-10-12-42-13-11-40/h1-9,14-15,17-18,30,37H,10-13,16,19H2. The van der Waals surface area contributed by atoms with Crippen LogP contribution in [0.25, 0.3) is 12.2 Å². The van der Waals surface area contributed by atoms with E-state index in [0.717, 1.165) is 52.5 Å². The maximum Gasteiger partial charge on any atom is 0.416 e. The summed E-state index contributed by atoms with van der Waals surface area (Å²) in [4.78, 5) is 25.3. The van der Waals surface area contributed by atoms with E-state index in [9.17, 15) is 18.0 Å². The highest BCUT2D eigenvalue weighted by Crippen LogP contribution is 2.90. The molecule has 1 saturated heterocycles. The number of halogens is 3. The van der Waals surface area contributed by atoms with Gasteiger partial charge < -0.3 is 15.0 Å². The van der Waals surface area contributed by atoms with Gasteiger partial charge in [0.1, 0.15) is 0 Å². The highest BCUT2D eigenvalue weighted by atomic mass is 19.4. The van der Waals surface area contributed by atoms with Crippen molar-refractivity contribution in [2.75, 3.05) is 32.8 Å². The summed E-state index contributed by atoms with van der Waals surface area (Å²) in [7, 11) is 0. The number of hydrogen-bond donors (Lipinski definition) is 1. The van der Waals surface area contributed by atoms with Gasteiger partial charge >= 0.3 is 6.18 Å². The number of fused-ring (bicyclic) bond motifs is 4. The molecule has 42 heavy (non-hydrogen) atoms. The van der Waals surface area contributed by atoms with Gasteiger partial charge in [-0.1, -0.05) is 30.4 Å². The lowest BCUT2D eigenvalue weighted by atomic mass is 9.90. The number of rotatable bonds is 3. The van der Waals surface area contributed by atoms with E-state index >= 15 is 0 Å². The van der Waals surface area contributed by atoms with E-state index in [1.54, 1.807) is 24.4 Å². The summed E-state index contributed by atoms with van der Waals surface area (Å²) in [5.74, 6) is -0.451. The molecule has 9 heteroatoms. The number of benzene rings is 1. The molecule has 3 atom stereocenters. The largest absolute Gasteiger partial charge is 0.416 e. The lowest BCUT2D eigenvalue weighted by Gasteiger charge is -2.29. The van der Waals surface area contributed by atoms with Gasteiger partial charge in [0.05, 0.1) is 41.7 Å². The molecule has 2 saturated carbocycles. The summed E-state index contributed by atoms with van der Waals surface area (Å²) < 4.78 is 46.3. The number of carbonyl (C=O) groups is 1. The predicted octanol–water partition coefficient (Wildman–Crippen LogP) is 3.46. The summed E-state index contributed by atoms with van der Waals surface area (Å²) in [6.07, 6.45) is 13.4. The number of aromatic nitrogens is 1. The van der Waals surface area contributed by atoms with Gasteiger partial charge in [-0.25, -0.2) is 0 Å². The molecule has 212 valence electrons. The molecule has 0 amide bonds. The van der Waals surface area contributed by atoms with Crippen molar-refractivity contribution in [2.24, 2.45) is 10.9 Å². The average molecular weight is 569 g/mol. The second-order valence-electron chi connectivity index (χ2n) is 11.6. The summed E-state index contributed by atoms with van der Waals surface area (Å²) >= 11 is 0. The number of pyridine rings is 1. The first-order valence-corrected chi connectivity index (χ1v) is 14.1. The molecule has 6 nitrogen and oxygen atoms in total. The van der Waals surface area contributed by atoms with Crippen LogP contribution in [0.2, 0.25) is 0 Å². The van der Waals surface area contributed by atoms with Crippen LogP contribution in [-0.4, -0.2) is 48.5 Å². The van der Waals surface area contributed by atoms with E-state index in [4.69, 9.17) is 9.73 Å². The molecule has 0 radical (unpaired) electrons. The fraction of sp³-hybridized carbons (Fsp3) is 0.303. The van der Waals surface area contributed by atoms with Gasteiger partial charge in [0.15, 0.2) is 5.78 Å². The number of ether oxygens (including phenoxy) is 1. The van der Waals surface area contributed by atoms with Crippen LogP contribution in [0.4, 0.5) is 13.2 Å². The second kappa shape index (κ2) is 8.88. The minimum atomic E-state index is -4.45. The number of hydrogen-bond acceptors (Lipinski definition) is 6. The highest BCUT2D eigenvalue weighted by molar-refractivity contribution is 6.06. The van der Waals surface area contributed by atoms with Crippen LogP contribution in [-0.2, 0) is 26.5 Å². The number of nitrogens with one attached hydrogen (secondary N) is 1. The number of nitrogens with zero attached hydrogens (tertiary/aromatic N) is 3. The molecule has 6 aliphatic rings. The molecule has 3 aliphatic carbocycles. The Bertz CT molecular complexity index is 1830. The Kier molecular flexibility index (Phi) is 5.38. The lowest BCUT2D eigenvalue weighted by Crippen LogP contribution is -2.35. The van der Waals surface area contributed by atoms with Crippen molar-refractivity contribution in [1.82, 2.24) is 15.2 Å². The van der Waals surface area contributed by atoms with Crippen molar-refractivity contribution in [3.8, 4) is 0 Å². The van der Waals surface area contributed by atoms with Gasteiger partial charge in [-0.2, -0.15) is 13.2 Å². The van der Waals surface area contributed by atoms with E-state index in [1.165, 1.54) is 12.1 Å². The molecule has 1 aromatic heterocycles. The molecular formula is C33H27F3N4O2. The van der Waals surface area contributed by atoms with Gasteiger partial charge in [-0.05, 0) is 64.6 Å². The summed E-state index contributed by atoms with van der Waals surface area (Å²) in [5.41, 5.74) is 3.51. The molecule has 0 bridgehead atoms. The molecule has 8 rings (SSSR count). The van der Waals surface area contributed by atoms with Crippen LogP contribution in [0.15, 0.2) is 89.0 Å². The van der Waals surface area contributed by atoms with E-state index < -0.39 is 28.5 Å². The zero-order valence-corrected chi connectivity index (χ0v) is 22.6. The first-order valence-electron chi connectivity index (χ1n) is 14.1. The smallest absolute Gasteiger partial charge is 0.378 e. The number of ketones is 1. The maximum atomic E-state index is 13.6. The molecule has 4 heterocycles. The predicted molar refractivity (Wildman–Crippen MR) is 150 cm³/mol. The van der Waals surface area contributed by atoms with Crippen molar-refractivity contribution in [1.29, 1.82) is 0 Å². The highest BCUT2D eigenvalue weighted by Gasteiger charge is 2.94. The second-order valence-corrected chi connectivity index (χ2v) is 11.6. The first kappa shape index (κ1) is 25.5. The molecule has 1 spiro atoms. The van der Waals surface area contributed by atoms with Crippen molar-refractivity contribution >= 4 is 17.9 Å². The molecule has 2 aromatic rings. The quantitative estimate of drug-likeness (QED) is 0.615. The van der Waals surface area contributed by atoms with E-state index in [-0.39, 0.29) is 5.78 Å². The van der Waals surface area contributed by atoms with Crippen molar-refractivity contribution in [3.63, 3.8) is 0 Å². The van der Waals surface area contributed by atoms with Crippen molar-refractivity contribution in [2.45, 2.75) is 23.4 Å². The minimum Gasteiger partial charge on any atom is -0.378 e. The zero-order valence-electron chi connectivity index (χ0n) is 22.6. The van der Waals surface area contributed by atoms with Crippen molar-refractivity contribution < 1.29 is 22.7 Å². The maximum absolute atomic E-state index is 13.6. The van der Waals surface area contributed by atoms with E-state index in [1.807, 2.05) is 24.6 Å². The Labute approximate surface area is 240 Å². The zero-order chi connectivity index (χ0) is 28.7. The molecule has 1 N–H and O–H groups in total. The van der Waals surface area contributed by atoms with Crippen LogP contribution < -0.4 is 16.0 Å². The Morgan fingerprint density at radius 1 is 1.02 bits per heavy atom. The van der Waals surface area contributed by atoms with E-state index in [0.29, 0.717) is 37.1 Å². The Morgan fingerprint density at radius 2 is 1.88 bits per heavy atom. The van der Waals surface area contributed by atoms with Crippen molar-refractivity contribution in [3.05, 3.63) is 117 Å². The SMILES string of the molecule is O=C1C=Cc2cnc3c(c2C24CC2(c2cccc(C(F)(F)F)c2)C14)=NCC(C1=CNC=C(N2CCOCC2)C=C1)=CC=3. The fourth-order valence-electron chi connectivity index (χ4n) is 7.48. The van der Waals surface area contributed by atoms with Crippen LogP contribution in [0.3, 0.4) is 0 Å². The average Bonchev–Trinajstić information content (AvgIpc) is 3.86. The van der Waals surface area contributed by atoms with Gasteiger partial charge in [-0.15, -0.1) is 0 Å². The minimum absolute atomic E-state index is 0.0524. The third-order valence-corrected chi connectivity index (χ3v) is 9.61. The molecule has 1 aromatic carbocycles. The van der Waals surface area contributed by atoms with Crippen LogP contribution in [0.1, 0.15) is 28.7 Å². The first-order chi connectivity index (χ1) is 20.3. The number of carbonyl (C=O) groups excluding carboxylic acids is 1. The third-order valence-electron chi connectivity index (χ3n) is 9.61. The summed E-state index contributed by atoms with van der Waals surface area (Å²) in [5, 5.41) is 4.74. The van der Waals surface area contributed by atoms with E-state index in [2.05, 4.69) is 27.4 Å². The van der Waals surface area contributed by atoms with Crippen LogP contribution in [0, 0.1) is 5.92 Å². The topological polar surface area (TPSA) is 66.8 Å². The summed E-state index contributed by atoms with van der Waals surface area (Å²) in [6, 6.07) is 5.48. The number of alkyl halides is 3. The monoisotopic (exact) mass is 568 g/mol. The third kappa shape index (κ3) is 3.59. The molecule has 3 aliphatic heterocycles. The molecule has 3 unspecified atom stereocenters. The summed E-state index contributed by atoms with van der Waals surface area (Å²) in [6.45, 7) is 3.50. The fourth-order valence-corrected chi connectivity index (χ4v) is 7.48. The number of allylic oxidation sites excluding steroid dienone is 4. The van der Waals surface area contributed by atoms with Gasteiger partial charge in [0.2, 0.25) is 0 Å². The molecular weight excluding hydrogens is 541 g/mol. The molecule has 3 fully saturated rings. The Morgan fingerprint density at radius 3 is 2.71 bits per heavy atom. The number of morpholine rings is 1. The van der Waals surface area contributed by atoms with Gasteiger partial charge in [0, 0.05) is 48.4 Å². The van der Waals surface area contributed by atoms with Crippen LogP contribution >= 0.6 is 0 Å².